The lowest BCUT2D eigenvalue weighted by atomic mass is 10.1. The van der Waals surface area contributed by atoms with Crippen molar-refractivity contribution < 1.29 is 38.2 Å². The first-order valence-corrected chi connectivity index (χ1v) is 14.8. The molecule has 8 nitrogen and oxygen atoms in total. The molecular weight excluding hydrogens is 522 g/mol. The number of esters is 2. The number of nitrogens with zero attached hydrogens (tertiary/aromatic N) is 1. The highest BCUT2D eigenvalue weighted by Gasteiger charge is 2.25. The third-order valence-electron chi connectivity index (χ3n) is 5.95. The lowest BCUT2D eigenvalue weighted by molar-refractivity contribution is -0.889. The molecule has 2 unspecified atom stereocenters. The maximum absolute atomic E-state index is 12.4. The smallest absolute Gasteiger partial charge is 0.310 e. The van der Waals surface area contributed by atoms with Crippen LogP contribution in [0.4, 0.5) is 0 Å². The van der Waals surface area contributed by atoms with Crippen molar-refractivity contribution in [2.24, 2.45) is 0 Å². The Kier molecular flexibility index (Phi) is 23.0. The van der Waals surface area contributed by atoms with Crippen LogP contribution in [0, 0.1) is 0 Å². The predicted molar refractivity (Wildman–Crippen MR) is 162 cm³/mol. The average molecular weight is 576 g/mol. The molecule has 41 heavy (non-hydrogen) atoms. The Labute approximate surface area is 248 Å². The molecule has 0 aliphatic heterocycles. The summed E-state index contributed by atoms with van der Waals surface area (Å²) in [4.78, 5) is 35.7. The highest BCUT2D eigenvalue weighted by atomic mass is 16.6. The maximum Gasteiger partial charge on any atom is 0.310 e. The third-order valence-corrected chi connectivity index (χ3v) is 5.95. The first kappa shape index (κ1) is 38.0. The second-order valence-corrected chi connectivity index (χ2v) is 10.6. The molecule has 0 fully saturated rings. The number of allylic oxidation sites excluding steroid dienone is 9. The van der Waals surface area contributed by atoms with Crippen molar-refractivity contribution >= 4 is 17.9 Å². The average Bonchev–Trinajstić information content (AvgIpc) is 2.91. The fraction of sp³-hybridized carbons (Fsp3) is 0.606. The number of hydrogen-bond acceptors (Lipinski definition) is 7. The molecule has 0 aliphatic rings. The summed E-state index contributed by atoms with van der Waals surface area (Å²) < 4.78 is 16.6. The first-order valence-electron chi connectivity index (χ1n) is 14.8. The van der Waals surface area contributed by atoms with Gasteiger partial charge < -0.3 is 28.6 Å². The molecule has 0 spiro atoms. The Morgan fingerprint density at radius 3 is 1.78 bits per heavy atom. The van der Waals surface area contributed by atoms with E-state index in [4.69, 9.17) is 14.2 Å². The van der Waals surface area contributed by atoms with E-state index in [1.807, 2.05) is 19.1 Å². The monoisotopic (exact) mass is 575 g/mol. The van der Waals surface area contributed by atoms with Gasteiger partial charge >= 0.3 is 11.9 Å². The number of likely N-dealkylation sites (N-methyl/N-ethyl adjacent to an activating group) is 1. The topological polar surface area (TPSA) is 102 Å². The minimum atomic E-state index is -1.15. The van der Waals surface area contributed by atoms with Crippen LogP contribution >= 0.6 is 0 Å². The standard InChI is InChI=1S/C33H53NO7/c1-6-8-10-11-12-13-14-15-16-17-18-19-20-21-22-24-32(36)41-29(28-40-31(35)23-9-7-2)27-39-26-25-30(33(37)38)34(3,4)5/h8,10,12-13,15-16,18-19,21-22,29-30H,6-7,9,11,14,17,20,23-28H2,1-5H3/b10-8-,13-12-,16-15-,19-18-,22-21-. The van der Waals surface area contributed by atoms with E-state index in [1.165, 1.54) is 0 Å². The molecule has 2 atom stereocenters. The van der Waals surface area contributed by atoms with Crippen LogP contribution in [0.25, 0.3) is 0 Å². The van der Waals surface area contributed by atoms with Gasteiger partial charge in [-0.2, -0.15) is 0 Å². The first-order chi connectivity index (χ1) is 19.6. The van der Waals surface area contributed by atoms with Crippen molar-refractivity contribution in [2.75, 3.05) is 41.0 Å². The van der Waals surface area contributed by atoms with Gasteiger partial charge in [-0.1, -0.05) is 81.0 Å². The van der Waals surface area contributed by atoms with E-state index in [1.54, 1.807) is 27.2 Å². The van der Waals surface area contributed by atoms with Crippen LogP contribution < -0.4 is 5.11 Å². The minimum absolute atomic E-state index is 0.00459. The number of unbranched alkanes of at least 4 members (excludes halogenated alkanes) is 1. The van der Waals surface area contributed by atoms with Crippen LogP contribution in [0.1, 0.15) is 78.1 Å². The molecule has 0 rings (SSSR count). The summed E-state index contributed by atoms with van der Waals surface area (Å²) in [6, 6.07) is -0.738. The molecule has 0 bridgehead atoms. The zero-order chi connectivity index (χ0) is 30.8. The molecule has 0 N–H and O–H groups in total. The molecule has 0 aromatic carbocycles. The van der Waals surface area contributed by atoms with Gasteiger partial charge in [-0.05, 0) is 38.5 Å². The summed E-state index contributed by atoms with van der Waals surface area (Å²) >= 11 is 0. The summed E-state index contributed by atoms with van der Waals surface area (Å²) in [6.07, 6.45) is 26.7. The number of carbonyl (C=O) groups excluding carboxylic acids is 3. The third kappa shape index (κ3) is 23.4. The Balaban J connectivity index is 4.53. The number of quaternary nitrogens is 1. The molecule has 0 saturated carbocycles. The van der Waals surface area contributed by atoms with E-state index in [-0.39, 0.29) is 43.1 Å². The van der Waals surface area contributed by atoms with Crippen molar-refractivity contribution in [2.45, 2.75) is 90.2 Å². The highest BCUT2D eigenvalue weighted by molar-refractivity contribution is 5.71. The molecule has 0 radical (unpaired) electrons. The SMILES string of the molecule is CC/C=C\C/C=C\C/C=C\C/C=C\C/C=C\CC(=O)OC(COCCC(C(=O)[O-])[N+](C)(C)C)COC(=O)CCCC. The van der Waals surface area contributed by atoms with E-state index in [2.05, 4.69) is 49.5 Å². The van der Waals surface area contributed by atoms with E-state index in [0.29, 0.717) is 12.8 Å². The molecule has 0 aromatic heterocycles. The fourth-order valence-electron chi connectivity index (χ4n) is 3.59. The summed E-state index contributed by atoms with van der Waals surface area (Å²) in [7, 11) is 5.32. The summed E-state index contributed by atoms with van der Waals surface area (Å²) in [5, 5.41) is 11.4. The summed E-state index contributed by atoms with van der Waals surface area (Å²) in [5.74, 6) is -1.96. The van der Waals surface area contributed by atoms with Crippen LogP contribution in [-0.2, 0) is 28.6 Å². The van der Waals surface area contributed by atoms with Crippen molar-refractivity contribution in [1.29, 1.82) is 0 Å². The molecule has 0 aliphatic carbocycles. The summed E-state index contributed by atoms with van der Waals surface area (Å²) in [6.45, 7) is 4.13. The maximum atomic E-state index is 12.4. The number of carbonyl (C=O) groups is 3. The van der Waals surface area contributed by atoms with E-state index in [0.717, 1.165) is 38.5 Å². The second-order valence-electron chi connectivity index (χ2n) is 10.6. The fourth-order valence-corrected chi connectivity index (χ4v) is 3.59. The summed E-state index contributed by atoms with van der Waals surface area (Å²) in [5.41, 5.74) is 0. The van der Waals surface area contributed by atoms with Gasteiger partial charge in [-0.3, -0.25) is 9.59 Å². The Hall–Kier alpha value is -2.97. The lowest BCUT2D eigenvalue weighted by Crippen LogP contribution is -2.55. The van der Waals surface area contributed by atoms with Crippen LogP contribution in [0.15, 0.2) is 60.8 Å². The van der Waals surface area contributed by atoms with Crippen LogP contribution in [0.3, 0.4) is 0 Å². The van der Waals surface area contributed by atoms with Crippen LogP contribution in [-0.4, -0.2) is 75.5 Å². The largest absolute Gasteiger partial charge is 0.544 e. The number of aliphatic carboxylic acids is 1. The number of ether oxygens (including phenoxy) is 3. The number of carboxylic acids is 1. The van der Waals surface area contributed by atoms with Crippen molar-refractivity contribution in [3.8, 4) is 0 Å². The molecule has 232 valence electrons. The van der Waals surface area contributed by atoms with Gasteiger partial charge in [0.2, 0.25) is 0 Å². The Morgan fingerprint density at radius 1 is 0.756 bits per heavy atom. The van der Waals surface area contributed by atoms with Crippen LogP contribution in [0.5, 0.6) is 0 Å². The molecular formula is C33H53NO7. The van der Waals surface area contributed by atoms with Gasteiger partial charge in [0.25, 0.3) is 0 Å². The van der Waals surface area contributed by atoms with Gasteiger partial charge in [0.05, 0.1) is 46.7 Å². The van der Waals surface area contributed by atoms with Crippen molar-refractivity contribution in [3.63, 3.8) is 0 Å². The number of rotatable bonds is 24. The van der Waals surface area contributed by atoms with E-state index < -0.39 is 24.1 Å². The van der Waals surface area contributed by atoms with Gasteiger partial charge in [-0.15, -0.1) is 0 Å². The zero-order valence-electron chi connectivity index (χ0n) is 25.9. The molecule has 8 heteroatoms. The minimum Gasteiger partial charge on any atom is -0.544 e. The van der Waals surface area contributed by atoms with Gasteiger partial charge in [0.1, 0.15) is 12.6 Å². The Morgan fingerprint density at radius 2 is 1.29 bits per heavy atom. The predicted octanol–water partition coefficient (Wildman–Crippen LogP) is 5.00. The van der Waals surface area contributed by atoms with E-state index >= 15 is 0 Å². The van der Waals surface area contributed by atoms with Crippen molar-refractivity contribution in [3.05, 3.63) is 60.8 Å². The van der Waals surface area contributed by atoms with Crippen molar-refractivity contribution in [1.82, 2.24) is 0 Å². The quantitative estimate of drug-likeness (QED) is 0.0690. The number of hydrogen-bond donors (Lipinski definition) is 0. The lowest BCUT2D eigenvalue weighted by Gasteiger charge is -2.34. The Bertz CT molecular complexity index is 865. The zero-order valence-corrected chi connectivity index (χ0v) is 25.9. The molecule has 0 heterocycles. The molecule has 0 amide bonds. The van der Waals surface area contributed by atoms with Gasteiger partial charge in [0, 0.05) is 12.8 Å². The highest BCUT2D eigenvalue weighted by Crippen LogP contribution is 2.09. The van der Waals surface area contributed by atoms with E-state index in [9.17, 15) is 19.5 Å². The second kappa shape index (κ2) is 24.8. The molecule has 0 saturated heterocycles. The number of carboxylic acid groups (broad SMARTS) is 1. The van der Waals surface area contributed by atoms with Gasteiger partial charge in [0.15, 0.2) is 6.10 Å². The normalized spacial score (nSPS) is 14.1. The molecule has 0 aromatic rings. The van der Waals surface area contributed by atoms with Crippen LogP contribution in [0.2, 0.25) is 0 Å². The van der Waals surface area contributed by atoms with Gasteiger partial charge in [-0.25, -0.2) is 0 Å².